The van der Waals surface area contributed by atoms with E-state index in [1.807, 2.05) is 30.3 Å². The highest BCUT2D eigenvalue weighted by molar-refractivity contribution is 9.10. The summed E-state index contributed by atoms with van der Waals surface area (Å²) >= 11 is 3.41. The van der Waals surface area contributed by atoms with Gasteiger partial charge in [0, 0.05) is 23.1 Å². The maximum Gasteiger partial charge on any atom is 0.344 e. The molecular weight excluding hydrogens is 338 g/mol. The smallest absolute Gasteiger partial charge is 0.344 e. The number of halogens is 1. The maximum absolute atomic E-state index is 12.1. The van der Waals surface area contributed by atoms with E-state index in [4.69, 9.17) is 4.42 Å². The second-order valence-electron chi connectivity index (χ2n) is 4.39. The van der Waals surface area contributed by atoms with Crippen LogP contribution in [0.2, 0.25) is 0 Å². The predicted octanol–water partition coefficient (Wildman–Crippen LogP) is 4.13. The number of hydrogen-bond donors (Lipinski definition) is 0. The normalized spacial score (nSPS) is 10.7. The van der Waals surface area contributed by atoms with E-state index in [1.165, 1.54) is 12.1 Å². The summed E-state index contributed by atoms with van der Waals surface area (Å²) < 4.78 is 5.91. The van der Waals surface area contributed by atoms with Crippen molar-refractivity contribution < 1.29 is 9.34 Å². The van der Waals surface area contributed by atoms with E-state index < -0.39 is 10.5 Å². The van der Waals surface area contributed by atoms with Crippen molar-refractivity contribution in [2.75, 3.05) is 0 Å². The van der Waals surface area contributed by atoms with Crippen molar-refractivity contribution in [2.24, 2.45) is 0 Å². The number of nitro benzene ring substituents is 1. The first-order valence-corrected chi connectivity index (χ1v) is 6.83. The van der Waals surface area contributed by atoms with Gasteiger partial charge in [-0.15, -0.1) is 0 Å². The Bertz CT molecular complexity index is 903. The quantitative estimate of drug-likeness (QED) is 0.517. The van der Waals surface area contributed by atoms with Gasteiger partial charge in [0.15, 0.2) is 5.76 Å². The van der Waals surface area contributed by atoms with Crippen LogP contribution in [-0.2, 0) is 0 Å². The molecular formula is C15H8BrNO4. The number of rotatable bonds is 2. The van der Waals surface area contributed by atoms with Gasteiger partial charge in [0.25, 0.3) is 5.69 Å². The number of benzene rings is 2. The Kier molecular flexibility index (Phi) is 3.31. The first kappa shape index (κ1) is 13.5. The molecule has 0 saturated heterocycles. The topological polar surface area (TPSA) is 73.3 Å². The minimum atomic E-state index is -0.601. The molecule has 1 heterocycles. The highest BCUT2D eigenvalue weighted by Crippen LogP contribution is 2.33. The van der Waals surface area contributed by atoms with Crippen LogP contribution in [0.3, 0.4) is 0 Å². The number of non-ortho nitro benzene ring substituents is 1. The van der Waals surface area contributed by atoms with Crippen molar-refractivity contribution in [1.82, 2.24) is 0 Å². The van der Waals surface area contributed by atoms with Crippen molar-refractivity contribution in [3.05, 3.63) is 73.5 Å². The van der Waals surface area contributed by atoms with Crippen molar-refractivity contribution in [3.63, 3.8) is 0 Å². The van der Waals surface area contributed by atoms with E-state index in [0.717, 1.165) is 5.56 Å². The monoisotopic (exact) mass is 345 g/mol. The number of nitro groups is 1. The summed E-state index contributed by atoms with van der Waals surface area (Å²) in [5, 5.41) is 11.5. The average molecular weight is 346 g/mol. The summed E-state index contributed by atoms with van der Waals surface area (Å²) in [5.74, 6) is 0.405. The Morgan fingerprint density at radius 3 is 2.43 bits per heavy atom. The molecule has 0 spiro atoms. The van der Waals surface area contributed by atoms with Gasteiger partial charge in [0.1, 0.15) is 0 Å². The van der Waals surface area contributed by atoms with Crippen LogP contribution in [0.1, 0.15) is 0 Å². The lowest BCUT2D eigenvalue weighted by atomic mass is 10.1. The zero-order chi connectivity index (χ0) is 15.0. The van der Waals surface area contributed by atoms with E-state index in [1.54, 1.807) is 6.07 Å². The SMILES string of the molecule is O=c1oc(-c2ccccc2)c(Br)c2ccc([N+](=O)[O-])cc12. The molecule has 104 valence electrons. The van der Waals surface area contributed by atoms with Crippen LogP contribution in [0, 0.1) is 10.1 Å². The Balaban J connectivity index is 2.33. The molecule has 6 heteroatoms. The molecule has 0 atom stereocenters. The van der Waals surface area contributed by atoms with Crippen molar-refractivity contribution >= 4 is 32.4 Å². The van der Waals surface area contributed by atoms with Gasteiger partial charge >= 0.3 is 5.63 Å². The van der Waals surface area contributed by atoms with Gasteiger partial charge in [-0.3, -0.25) is 10.1 Å². The Morgan fingerprint density at radius 2 is 1.76 bits per heavy atom. The first-order chi connectivity index (χ1) is 10.1. The first-order valence-electron chi connectivity index (χ1n) is 6.04. The highest BCUT2D eigenvalue weighted by Gasteiger charge is 2.16. The van der Waals surface area contributed by atoms with Gasteiger partial charge in [-0.2, -0.15) is 0 Å². The molecule has 0 aliphatic carbocycles. The van der Waals surface area contributed by atoms with E-state index in [2.05, 4.69) is 15.9 Å². The fourth-order valence-electron chi connectivity index (χ4n) is 2.10. The summed E-state index contributed by atoms with van der Waals surface area (Å²) in [5.41, 5.74) is 0.00615. The minimum absolute atomic E-state index is 0.144. The van der Waals surface area contributed by atoms with E-state index in [0.29, 0.717) is 15.6 Å². The Hall–Kier alpha value is -2.47. The van der Waals surface area contributed by atoms with Crippen molar-refractivity contribution in [3.8, 4) is 11.3 Å². The predicted molar refractivity (Wildman–Crippen MR) is 82.3 cm³/mol. The molecule has 0 aliphatic heterocycles. The van der Waals surface area contributed by atoms with Crippen LogP contribution in [0.25, 0.3) is 22.1 Å². The average Bonchev–Trinajstić information content (AvgIpc) is 2.51. The van der Waals surface area contributed by atoms with Crippen LogP contribution in [0.15, 0.2) is 62.2 Å². The van der Waals surface area contributed by atoms with Gasteiger partial charge < -0.3 is 4.42 Å². The van der Waals surface area contributed by atoms with E-state index in [-0.39, 0.29) is 11.1 Å². The number of fused-ring (bicyclic) bond motifs is 1. The zero-order valence-electron chi connectivity index (χ0n) is 10.6. The van der Waals surface area contributed by atoms with E-state index in [9.17, 15) is 14.9 Å². The summed E-state index contributed by atoms with van der Waals surface area (Å²) in [6.07, 6.45) is 0. The third-order valence-electron chi connectivity index (χ3n) is 3.10. The lowest BCUT2D eigenvalue weighted by Crippen LogP contribution is -2.02. The van der Waals surface area contributed by atoms with Crippen LogP contribution >= 0.6 is 15.9 Å². The van der Waals surface area contributed by atoms with Gasteiger partial charge in [-0.1, -0.05) is 30.3 Å². The molecule has 0 radical (unpaired) electrons. The number of hydrogen-bond acceptors (Lipinski definition) is 4. The third kappa shape index (κ3) is 2.34. The Morgan fingerprint density at radius 1 is 1.05 bits per heavy atom. The van der Waals surface area contributed by atoms with Gasteiger partial charge in [-0.25, -0.2) is 4.79 Å². The standard InChI is InChI=1S/C15H8BrNO4/c16-13-11-7-6-10(17(19)20)8-12(11)15(18)21-14(13)9-4-2-1-3-5-9/h1-8H. The highest BCUT2D eigenvalue weighted by atomic mass is 79.9. The van der Waals surface area contributed by atoms with Crippen LogP contribution in [0.4, 0.5) is 5.69 Å². The summed E-state index contributed by atoms with van der Waals surface area (Å²) in [6, 6.07) is 13.3. The summed E-state index contributed by atoms with van der Waals surface area (Å²) in [7, 11) is 0. The maximum atomic E-state index is 12.1. The molecule has 3 aromatic rings. The third-order valence-corrected chi connectivity index (χ3v) is 3.89. The molecule has 5 nitrogen and oxygen atoms in total. The second kappa shape index (κ2) is 5.14. The fraction of sp³-hybridized carbons (Fsp3) is 0. The summed E-state index contributed by atoms with van der Waals surface area (Å²) in [6.45, 7) is 0. The molecule has 0 bridgehead atoms. The molecule has 3 rings (SSSR count). The van der Waals surface area contributed by atoms with Crippen LogP contribution in [-0.4, -0.2) is 4.92 Å². The molecule has 1 aromatic heterocycles. The zero-order valence-corrected chi connectivity index (χ0v) is 12.2. The molecule has 0 unspecified atom stereocenters. The second-order valence-corrected chi connectivity index (χ2v) is 5.18. The molecule has 0 saturated carbocycles. The van der Waals surface area contributed by atoms with Gasteiger partial charge in [0.05, 0.1) is 14.8 Å². The lowest BCUT2D eigenvalue weighted by molar-refractivity contribution is -0.384. The Labute approximate surface area is 127 Å². The van der Waals surface area contributed by atoms with Gasteiger partial charge in [0.2, 0.25) is 0 Å². The van der Waals surface area contributed by atoms with Crippen LogP contribution in [0.5, 0.6) is 0 Å². The van der Waals surface area contributed by atoms with Crippen LogP contribution < -0.4 is 5.63 Å². The van der Waals surface area contributed by atoms with Gasteiger partial charge in [-0.05, 0) is 22.0 Å². The molecule has 21 heavy (non-hydrogen) atoms. The number of nitrogens with zero attached hydrogens (tertiary/aromatic N) is 1. The van der Waals surface area contributed by atoms with Crippen molar-refractivity contribution in [1.29, 1.82) is 0 Å². The fourth-order valence-corrected chi connectivity index (χ4v) is 2.75. The molecule has 0 N–H and O–H groups in total. The summed E-state index contributed by atoms with van der Waals surface area (Å²) in [4.78, 5) is 22.3. The lowest BCUT2D eigenvalue weighted by Gasteiger charge is -2.06. The molecule has 0 amide bonds. The minimum Gasteiger partial charge on any atom is -0.421 e. The van der Waals surface area contributed by atoms with E-state index >= 15 is 0 Å². The molecule has 0 aliphatic rings. The van der Waals surface area contributed by atoms with Crippen molar-refractivity contribution in [2.45, 2.75) is 0 Å². The molecule has 2 aromatic carbocycles. The molecule has 0 fully saturated rings. The largest absolute Gasteiger partial charge is 0.421 e.